The van der Waals surface area contributed by atoms with Crippen LogP contribution in [0.2, 0.25) is 0 Å². The monoisotopic (exact) mass is 360 g/mol. The van der Waals surface area contributed by atoms with Gasteiger partial charge in [0.15, 0.2) is 0 Å². The van der Waals surface area contributed by atoms with Gasteiger partial charge in [0.25, 0.3) is 0 Å². The van der Waals surface area contributed by atoms with Crippen LogP contribution in [-0.2, 0) is 20.7 Å². The summed E-state index contributed by atoms with van der Waals surface area (Å²) in [5.74, 6) is 0.923. The SMILES string of the molecule is O=C(CCCc1nc(-c2ccncc2)no1)N[C@@H]1CO[C@H]2[C@@H]1OC[C@H]2O. The van der Waals surface area contributed by atoms with Crippen LogP contribution in [0, 0.1) is 0 Å². The standard InChI is InChI=1S/C17H20N4O5/c22-12-9-25-15-11(8-24-16(12)15)19-13(23)2-1-3-14-20-17(21-26-14)10-4-6-18-7-5-10/h4-7,11-12,15-16,22H,1-3,8-9H2,(H,19,23)/t11-,12-,15-,16-/m1/s1. The average molecular weight is 360 g/mol. The van der Waals surface area contributed by atoms with Crippen molar-refractivity contribution < 1.29 is 23.9 Å². The molecule has 2 fully saturated rings. The highest BCUT2D eigenvalue weighted by Gasteiger charge is 2.47. The van der Waals surface area contributed by atoms with Gasteiger partial charge in [0, 0.05) is 30.8 Å². The van der Waals surface area contributed by atoms with Crippen molar-refractivity contribution in [3.63, 3.8) is 0 Å². The predicted octanol–water partition coefficient (Wildman–Crippen LogP) is 0.0976. The maximum Gasteiger partial charge on any atom is 0.226 e. The molecule has 4 rings (SSSR count). The molecule has 0 saturated carbocycles. The lowest BCUT2D eigenvalue weighted by atomic mass is 10.1. The zero-order chi connectivity index (χ0) is 17.9. The summed E-state index contributed by atoms with van der Waals surface area (Å²) in [6, 6.07) is 3.40. The largest absolute Gasteiger partial charge is 0.388 e. The Labute approximate surface area is 149 Å². The van der Waals surface area contributed by atoms with E-state index in [1.165, 1.54) is 0 Å². The zero-order valence-electron chi connectivity index (χ0n) is 14.1. The summed E-state index contributed by atoms with van der Waals surface area (Å²) < 4.78 is 16.2. The molecule has 2 aliphatic rings. The molecule has 26 heavy (non-hydrogen) atoms. The van der Waals surface area contributed by atoms with Gasteiger partial charge in [0.05, 0.1) is 19.3 Å². The van der Waals surface area contributed by atoms with Crippen LogP contribution in [0.3, 0.4) is 0 Å². The first-order valence-electron chi connectivity index (χ1n) is 8.64. The number of aliphatic hydroxyl groups excluding tert-OH is 1. The Morgan fingerprint density at radius 1 is 1.23 bits per heavy atom. The third kappa shape index (κ3) is 3.59. The quantitative estimate of drug-likeness (QED) is 0.744. The molecular formula is C17H20N4O5. The minimum absolute atomic E-state index is 0.0851. The summed E-state index contributed by atoms with van der Waals surface area (Å²) in [4.78, 5) is 20.4. The molecule has 1 amide bonds. The maximum atomic E-state index is 12.1. The second-order valence-electron chi connectivity index (χ2n) is 6.44. The van der Waals surface area contributed by atoms with Crippen LogP contribution < -0.4 is 5.32 Å². The van der Waals surface area contributed by atoms with Gasteiger partial charge in [-0.1, -0.05) is 5.16 Å². The second-order valence-corrected chi connectivity index (χ2v) is 6.44. The Hall–Kier alpha value is -2.36. The summed E-state index contributed by atoms with van der Waals surface area (Å²) in [5, 5.41) is 16.6. The first-order chi connectivity index (χ1) is 12.7. The minimum atomic E-state index is -0.617. The van der Waals surface area contributed by atoms with Crippen molar-refractivity contribution in [2.75, 3.05) is 13.2 Å². The Bertz CT molecular complexity index is 753. The van der Waals surface area contributed by atoms with Crippen molar-refractivity contribution in [3.8, 4) is 11.4 Å². The van der Waals surface area contributed by atoms with Crippen molar-refractivity contribution in [3.05, 3.63) is 30.4 Å². The lowest BCUT2D eigenvalue weighted by Crippen LogP contribution is -2.44. The average Bonchev–Trinajstić information content (AvgIpc) is 3.36. The van der Waals surface area contributed by atoms with Crippen LogP contribution >= 0.6 is 0 Å². The number of nitrogens with one attached hydrogen (secondary N) is 1. The molecule has 0 radical (unpaired) electrons. The second kappa shape index (κ2) is 7.48. The van der Waals surface area contributed by atoms with E-state index in [9.17, 15) is 9.90 Å². The summed E-state index contributed by atoms with van der Waals surface area (Å²) in [6.45, 7) is 0.607. The van der Waals surface area contributed by atoms with Gasteiger partial charge in [-0.25, -0.2) is 0 Å². The van der Waals surface area contributed by atoms with Gasteiger partial charge in [0.1, 0.15) is 18.3 Å². The molecule has 2 aromatic heterocycles. The molecule has 0 unspecified atom stereocenters. The van der Waals surface area contributed by atoms with Crippen molar-refractivity contribution >= 4 is 5.91 Å². The van der Waals surface area contributed by atoms with Gasteiger partial charge in [-0.05, 0) is 18.6 Å². The smallest absolute Gasteiger partial charge is 0.226 e. The van der Waals surface area contributed by atoms with Crippen LogP contribution in [0.4, 0.5) is 0 Å². The number of hydrogen-bond acceptors (Lipinski definition) is 8. The lowest BCUT2D eigenvalue weighted by molar-refractivity contribution is -0.122. The Kier molecular flexibility index (Phi) is 4.91. The first-order valence-corrected chi connectivity index (χ1v) is 8.64. The van der Waals surface area contributed by atoms with Crippen molar-refractivity contribution in [1.82, 2.24) is 20.4 Å². The molecule has 2 saturated heterocycles. The normalized spacial score (nSPS) is 27.4. The fourth-order valence-electron chi connectivity index (χ4n) is 3.26. The maximum absolute atomic E-state index is 12.1. The Morgan fingerprint density at radius 3 is 2.88 bits per heavy atom. The van der Waals surface area contributed by atoms with E-state index in [0.29, 0.717) is 37.6 Å². The van der Waals surface area contributed by atoms with Crippen LogP contribution in [0.25, 0.3) is 11.4 Å². The molecular weight excluding hydrogens is 340 g/mol. The van der Waals surface area contributed by atoms with Crippen molar-refractivity contribution in [2.45, 2.75) is 43.6 Å². The molecule has 2 aliphatic heterocycles. The van der Waals surface area contributed by atoms with Crippen LogP contribution in [0.5, 0.6) is 0 Å². The number of aliphatic hydroxyl groups is 1. The van der Waals surface area contributed by atoms with E-state index >= 15 is 0 Å². The molecule has 138 valence electrons. The lowest BCUT2D eigenvalue weighted by Gasteiger charge is -2.17. The number of amides is 1. The molecule has 0 spiro atoms. The molecule has 9 nitrogen and oxygen atoms in total. The van der Waals surface area contributed by atoms with E-state index in [1.54, 1.807) is 24.5 Å². The molecule has 2 aromatic rings. The van der Waals surface area contributed by atoms with E-state index in [-0.39, 0.29) is 30.8 Å². The highest BCUT2D eigenvalue weighted by molar-refractivity contribution is 5.76. The summed E-state index contributed by atoms with van der Waals surface area (Å²) in [5.41, 5.74) is 0.835. The Morgan fingerprint density at radius 2 is 2.04 bits per heavy atom. The van der Waals surface area contributed by atoms with E-state index in [1.807, 2.05) is 0 Å². The van der Waals surface area contributed by atoms with Crippen molar-refractivity contribution in [2.24, 2.45) is 0 Å². The number of carbonyl (C=O) groups is 1. The minimum Gasteiger partial charge on any atom is -0.388 e. The van der Waals surface area contributed by atoms with Crippen molar-refractivity contribution in [1.29, 1.82) is 0 Å². The molecule has 0 bridgehead atoms. The van der Waals surface area contributed by atoms with Gasteiger partial charge in [-0.3, -0.25) is 9.78 Å². The van der Waals surface area contributed by atoms with E-state index in [4.69, 9.17) is 14.0 Å². The summed E-state index contributed by atoms with van der Waals surface area (Å²) >= 11 is 0. The highest BCUT2D eigenvalue weighted by atomic mass is 16.6. The van der Waals surface area contributed by atoms with Gasteiger partial charge in [-0.15, -0.1) is 0 Å². The fraction of sp³-hybridized carbons (Fsp3) is 0.529. The Balaban J connectivity index is 1.23. The number of ether oxygens (including phenoxy) is 2. The van der Waals surface area contributed by atoms with Crippen LogP contribution in [0.1, 0.15) is 18.7 Å². The predicted molar refractivity (Wildman–Crippen MR) is 87.9 cm³/mol. The number of pyridine rings is 1. The highest BCUT2D eigenvalue weighted by Crippen LogP contribution is 2.27. The van der Waals surface area contributed by atoms with Crippen LogP contribution in [-0.4, -0.2) is 63.7 Å². The van der Waals surface area contributed by atoms with Gasteiger partial charge >= 0.3 is 0 Å². The third-order valence-electron chi connectivity index (χ3n) is 4.57. The molecule has 4 atom stereocenters. The molecule has 0 aliphatic carbocycles. The van der Waals surface area contributed by atoms with Gasteiger partial charge in [-0.2, -0.15) is 4.98 Å². The molecule has 4 heterocycles. The number of hydrogen-bond donors (Lipinski definition) is 2. The number of fused-ring (bicyclic) bond motifs is 1. The number of rotatable bonds is 6. The molecule has 9 heteroatoms. The van der Waals surface area contributed by atoms with Gasteiger partial charge < -0.3 is 24.4 Å². The number of nitrogens with zero attached hydrogens (tertiary/aromatic N) is 3. The van der Waals surface area contributed by atoms with E-state index in [0.717, 1.165) is 5.56 Å². The number of aromatic nitrogens is 3. The third-order valence-corrected chi connectivity index (χ3v) is 4.57. The molecule has 0 aromatic carbocycles. The fourth-order valence-corrected chi connectivity index (χ4v) is 3.26. The van der Waals surface area contributed by atoms with E-state index in [2.05, 4.69) is 20.4 Å². The number of carbonyl (C=O) groups excluding carboxylic acids is 1. The summed E-state index contributed by atoms with van der Waals surface area (Å²) in [7, 11) is 0. The molecule has 2 N–H and O–H groups in total. The van der Waals surface area contributed by atoms with Gasteiger partial charge in [0.2, 0.25) is 17.6 Å². The topological polar surface area (TPSA) is 120 Å². The first kappa shape index (κ1) is 17.1. The van der Waals surface area contributed by atoms with E-state index < -0.39 is 6.10 Å². The van der Waals surface area contributed by atoms with Crippen LogP contribution in [0.15, 0.2) is 29.0 Å². The number of aryl methyl sites for hydroxylation is 1. The zero-order valence-corrected chi connectivity index (χ0v) is 14.1. The summed E-state index contributed by atoms with van der Waals surface area (Å²) in [6.07, 6.45) is 3.55.